The van der Waals surface area contributed by atoms with Gasteiger partial charge < -0.3 is 10.4 Å². The summed E-state index contributed by atoms with van der Waals surface area (Å²) in [6, 6.07) is 37.6. The van der Waals surface area contributed by atoms with Crippen molar-refractivity contribution < 1.29 is 14.7 Å². The monoisotopic (exact) mass is 440 g/mol. The Hall–Kier alpha value is -3.75. The maximum atomic E-state index is 13.1. The van der Waals surface area contributed by atoms with Gasteiger partial charge in [-0.05, 0) is 48.5 Å². The molecule has 0 fully saturated rings. The molecule has 0 saturated carbocycles. The lowest BCUT2D eigenvalue weighted by Gasteiger charge is -2.32. The quantitative estimate of drug-likeness (QED) is 0.430. The van der Waals surface area contributed by atoms with Crippen LogP contribution in [-0.4, -0.2) is 22.8 Å². The van der Waals surface area contributed by atoms with E-state index in [9.17, 15) is 14.7 Å². The summed E-state index contributed by atoms with van der Waals surface area (Å²) in [6.45, 7) is 0. The summed E-state index contributed by atoms with van der Waals surface area (Å²) in [5.74, 6) is -2.63. The smallest absolute Gasteiger partial charge is 0.367 e. The number of nitrogens with one attached hydrogen (secondary N) is 1. The van der Waals surface area contributed by atoms with Crippen molar-refractivity contribution in [1.29, 1.82) is 0 Å². The van der Waals surface area contributed by atoms with Gasteiger partial charge in [0.2, 0.25) is 0 Å². The molecule has 4 aromatic rings. The van der Waals surface area contributed by atoms with Crippen LogP contribution in [0.2, 0.25) is 0 Å². The molecule has 0 spiro atoms. The van der Waals surface area contributed by atoms with E-state index >= 15 is 0 Å². The van der Waals surface area contributed by atoms with Gasteiger partial charge in [0, 0.05) is 5.56 Å². The van der Waals surface area contributed by atoms with Crippen LogP contribution >= 0.6 is 7.26 Å². The third kappa shape index (κ3) is 4.05. The van der Waals surface area contributed by atoms with Gasteiger partial charge in [-0.25, -0.2) is 4.79 Å². The lowest BCUT2D eigenvalue weighted by atomic mass is 10.2. The molecule has 0 aromatic heterocycles. The van der Waals surface area contributed by atoms with Crippen molar-refractivity contribution in [3.05, 3.63) is 127 Å². The molecule has 2 N–H and O–H groups in total. The Balaban J connectivity index is 1.98. The Kier molecular flexibility index (Phi) is 6.44. The highest BCUT2D eigenvalue weighted by Crippen LogP contribution is 2.58. The minimum atomic E-state index is -2.83. The second-order valence-electron chi connectivity index (χ2n) is 7.31. The molecule has 0 bridgehead atoms. The molecule has 0 aliphatic rings. The first-order valence-corrected chi connectivity index (χ1v) is 12.1. The van der Waals surface area contributed by atoms with E-state index in [1.54, 1.807) is 24.3 Å². The van der Waals surface area contributed by atoms with E-state index in [1.807, 2.05) is 97.1 Å². The largest absolute Gasteiger partial charge is 0.477 e. The molecule has 4 rings (SSSR count). The summed E-state index contributed by atoms with van der Waals surface area (Å²) >= 11 is 0. The fraction of sp³-hybridized carbons (Fsp3) is 0.0370. The predicted octanol–water partition coefficient (Wildman–Crippen LogP) is 3.82. The molecule has 0 heterocycles. The van der Waals surface area contributed by atoms with E-state index in [1.165, 1.54) is 0 Å². The first kappa shape index (κ1) is 21.5. The first-order valence-electron chi connectivity index (χ1n) is 10.3. The van der Waals surface area contributed by atoms with Gasteiger partial charge in [0.1, 0.15) is 23.2 Å². The number of rotatable bonds is 7. The minimum absolute atomic E-state index is 0.412. The summed E-state index contributed by atoms with van der Waals surface area (Å²) in [4.78, 5) is 26.0. The number of carboxylic acids is 1. The molecule has 4 nitrogen and oxygen atoms in total. The fourth-order valence-electron chi connectivity index (χ4n) is 4.01. The molecule has 0 aliphatic heterocycles. The average Bonchev–Trinajstić information content (AvgIpc) is 2.86. The number of benzene rings is 4. The second kappa shape index (κ2) is 9.59. The highest BCUT2D eigenvalue weighted by molar-refractivity contribution is 7.96. The maximum absolute atomic E-state index is 13.1. The van der Waals surface area contributed by atoms with Gasteiger partial charge in [-0.3, -0.25) is 4.79 Å². The summed E-state index contributed by atoms with van der Waals surface area (Å²) in [5, 5.41) is 16.0. The zero-order valence-electron chi connectivity index (χ0n) is 17.3. The van der Waals surface area contributed by atoms with Gasteiger partial charge >= 0.3 is 5.97 Å². The van der Waals surface area contributed by atoms with Crippen LogP contribution in [0.3, 0.4) is 0 Å². The number of hydrogen-bond donors (Lipinski definition) is 2. The third-order valence-corrected chi connectivity index (χ3v) is 9.88. The van der Waals surface area contributed by atoms with E-state index in [0.717, 1.165) is 15.9 Å². The Labute approximate surface area is 187 Å². The molecule has 0 radical (unpaired) electrons. The van der Waals surface area contributed by atoms with Gasteiger partial charge in [0.05, 0.1) is 0 Å². The molecule has 32 heavy (non-hydrogen) atoms. The zero-order valence-corrected chi connectivity index (χ0v) is 18.2. The Morgan fingerprint density at radius 3 is 1.28 bits per heavy atom. The van der Waals surface area contributed by atoms with E-state index in [2.05, 4.69) is 5.32 Å². The van der Waals surface area contributed by atoms with Crippen molar-refractivity contribution >= 4 is 35.1 Å². The summed E-state index contributed by atoms with van der Waals surface area (Å²) in [6.07, 6.45) is 0. The molecular formula is C27H23NO3P+. The van der Waals surface area contributed by atoms with E-state index in [0.29, 0.717) is 5.56 Å². The van der Waals surface area contributed by atoms with Crippen molar-refractivity contribution in [2.75, 3.05) is 0 Å². The van der Waals surface area contributed by atoms with E-state index in [-0.39, 0.29) is 0 Å². The summed E-state index contributed by atoms with van der Waals surface area (Å²) < 4.78 is 0. The standard InChI is InChI=1S/C27H22NO3P/c29-25(21-13-5-1-6-14-21)28-26(27(30)31)32(22-15-7-2-8-16-22,23-17-9-3-10-18-23)24-19-11-4-12-20-24/h1-20,26H,(H-,28,29,30,31)/p+1. The second-order valence-corrected chi connectivity index (χ2v) is 10.8. The molecule has 5 heteroatoms. The topological polar surface area (TPSA) is 66.4 Å². The number of carbonyl (C=O) groups excluding carboxylic acids is 1. The Bertz CT molecular complexity index is 1090. The number of carboxylic acid groups (broad SMARTS) is 1. The molecular weight excluding hydrogens is 417 g/mol. The summed E-state index contributed by atoms with van der Waals surface area (Å²) in [5.41, 5.74) is 0.422. The number of amides is 1. The SMILES string of the molecule is O=C(NC(C(=O)O)[P+](c1ccccc1)(c1ccccc1)c1ccccc1)c1ccccc1. The van der Waals surface area contributed by atoms with Crippen molar-refractivity contribution in [2.24, 2.45) is 0 Å². The van der Waals surface area contributed by atoms with E-state index in [4.69, 9.17) is 0 Å². The van der Waals surface area contributed by atoms with Crippen molar-refractivity contribution in [1.82, 2.24) is 5.32 Å². The van der Waals surface area contributed by atoms with Crippen LogP contribution in [0.5, 0.6) is 0 Å². The van der Waals surface area contributed by atoms with Crippen molar-refractivity contribution in [3.8, 4) is 0 Å². The molecule has 4 aromatic carbocycles. The van der Waals surface area contributed by atoms with Gasteiger partial charge in [-0.15, -0.1) is 0 Å². The maximum Gasteiger partial charge on any atom is 0.367 e. The van der Waals surface area contributed by atoms with Crippen LogP contribution < -0.4 is 21.2 Å². The highest BCUT2D eigenvalue weighted by Gasteiger charge is 2.57. The van der Waals surface area contributed by atoms with Gasteiger partial charge in [-0.2, -0.15) is 0 Å². The normalized spacial score (nSPS) is 12.0. The van der Waals surface area contributed by atoms with Crippen molar-refractivity contribution in [2.45, 2.75) is 5.78 Å². The molecule has 0 aliphatic carbocycles. The van der Waals surface area contributed by atoms with Crippen LogP contribution in [0, 0.1) is 0 Å². The van der Waals surface area contributed by atoms with Gasteiger partial charge in [-0.1, -0.05) is 72.8 Å². The lowest BCUT2D eigenvalue weighted by Crippen LogP contribution is -2.51. The van der Waals surface area contributed by atoms with Crippen LogP contribution in [-0.2, 0) is 4.79 Å². The first-order chi connectivity index (χ1) is 15.6. The average molecular weight is 440 g/mol. The fourth-order valence-corrected chi connectivity index (χ4v) is 8.36. The third-order valence-electron chi connectivity index (χ3n) is 5.42. The van der Waals surface area contributed by atoms with Crippen LogP contribution in [0.15, 0.2) is 121 Å². The number of carbonyl (C=O) groups is 2. The Morgan fingerprint density at radius 2 is 0.938 bits per heavy atom. The lowest BCUT2D eigenvalue weighted by molar-refractivity contribution is -0.137. The molecule has 158 valence electrons. The van der Waals surface area contributed by atoms with E-state index < -0.39 is 24.9 Å². The Morgan fingerprint density at radius 1 is 0.594 bits per heavy atom. The van der Waals surface area contributed by atoms with Crippen molar-refractivity contribution in [3.63, 3.8) is 0 Å². The van der Waals surface area contributed by atoms with Crippen LogP contribution in [0.4, 0.5) is 0 Å². The zero-order chi connectivity index (χ0) is 22.4. The van der Waals surface area contributed by atoms with Crippen LogP contribution in [0.1, 0.15) is 10.4 Å². The highest BCUT2D eigenvalue weighted by atomic mass is 31.2. The number of hydrogen-bond acceptors (Lipinski definition) is 2. The van der Waals surface area contributed by atoms with Gasteiger partial charge in [0.25, 0.3) is 11.7 Å². The van der Waals surface area contributed by atoms with Gasteiger partial charge in [0.15, 0.2) is 0 Å². The molecule has 1 unspecified atom stereocenters. The predicted molar refractivity (Wildman–Crippen MR) is 130 cm³/mol. The minimum Gasteiger partial charge on any atom is -0.477 e. The summed E-state index contributed by atoms with van der Waals surface area (Å²) in [7, 11) is -2.83. The van der Waals surface area contributed by atoms with Crippen LogP contribution in [0.25, 0.3) is 0 Å². The molecule has 1 amide bonds. The number of aliphatic carboxylic acids is 1. The molecule has 1 atom stereocenters. The molecule has 0 saturated heterocycles.